The number of esters is 1. The monoisotopic (exact) mass is 279 g/mol. The Morgan fingerprint density at radius 1 is 1.39 bits per heavy atom. The van der Waals surface area contributed by atoms with Gasteiger partial charge in [-0.2, -0.15) is 13.2 Å². The summed E-state index contributed by atoms with van der Waals surface area (Å²) in [6.07, 6.45) is -0.0116. The lowest BCUT2D eigenvalue weighted by Crippen LogP contribution is -2.16. The summed E-state index contributed by atoms with van der Waals surface area (Å²) in [6.45, 7) is 0. The molecule has 0 unspecified atom stereocenters. The second-order valence-corrected chi connectivity index (χ2v) is 4.64. The minimum absolute atomic E-state index is 0.0116. The molecule has 1 aromatic carbocycles. The Morgan fingerprint density at radius 3 is 2.39 bits per heavy atom. The molecule has 0 bridgehead atoms. The average Bonchev–Trinajstić information content (AvgIpc) is 2.27. The fraction of sp³-hybridized carbons (Fsp3) is 0.364. The summed E-state index contributed by atoms with van der Waals surface area (Å²) in [5, 5.41) is 0. The quantitative estimate of drug-likeness (QED) is 0.680. The fourth-order valence-corrected chi connectivity index (χ4v) is 1.84. The Balaban J connectivity index is 2.67. The van der Waals surface area contributed by atoms with Crippen LogP contribution in [-0.4, -0.2) is 18.6 Å². The highest BCUT2D eigenvalue weighted by Crippen LogP contribution is 2.37. The minimum Gasteiger partial charge on any atom is -0.469 e. The van der Waals surface area contributed by atoms with Crippen LogP contribution in [0.25, 0.3) is 0 Å². The van der Waals surface area contributed by atoms with E-state index < -0.39 is 17.5 Å². The number of methoxy groups -OCH3 is 1. The molecule has 0 aliphatic heterocycles. The molecule has 0 radical (unpaired) electrons. The van der Waals surface area contributed by atoms with E-state index in [2.05, 4.69) is 4.74 Å². The molecule has 1 aromatic rings. The molecule has 0 saturated carbocycles. The molecule has 0 spiro atoms. The van der Waals surface area contributed by atoms with Crippen LogP contribution in [0.15, 0.2) is 29.2 Å². The number of halogens is 3. The maximum Gasteiger partial charge on any atom is 0.446 e. The van der Waals surface area contributed by atoms with Crippen LogP contribution in [0.5, 0.6) is 0 Å². The molecule has 0 fully saturated rings. The lowest BCUT2D eigenvalue weighted by molar-refractivity contribution is -0.141. The largest absolute Gasteiger partial charge is 0.469 e. The molecule has 100 valence electrons. The lowest BCUT2D eigenvalue weighted by atomic mass is 10.1. The number of alkyl halides is 3. The van der Waals surface area contributed by atoms with Gasteiger partial charge in [-0.05, 0) is 29.5 Å². The second-order valence-electron chi connectivity index (χ2n) is 3.50. The SMILES string of the molecule is COC(=O)C[C@H](N)c1ccc(SC(F)(F)F)cc1. The molecule has 1 rings (SSSR count). The van der Waals surface area contributed by atoms with Gasteiger partial charge in [0.05, 0.1) is 13.5 Å². The molecule has 0 heterocycles. The van der Waals surface area contributed by atoms with E-state index in [1.807, 2.05) is 0 Å². The Bertz CT molecular complexity index is 406. The third-order valence-electron chi connectivity index (χ3n) is 2.16. The van der Waals surface area contributed by atoms with E-state index in [-0.39, 0.29) is 23.1 Å². The summed E-state index contributed by atoms with van der Waals surface area (Å²) in [5.74, 6) is -0.462. The van der Waals surface area contributed by atoms with Crippen LogP contribution in [0, 0.1) is 0 Å². The fourth-order valence-electron chi connectivity index (χ4n) is 1.30. The van der Waals surface area contributed by atoms with Gasteiger partial charge in [0, 0.05) is 10.9 Å². The summed E-state index contributed by atoms with van der Waals surface area (Å²) >= 11 is -0.193. The topological polar surface area (TPSA) is 52.3 Å². The molecular formula is C11H12F3NO2S. The third kappa shape index (κ3) is 4.97. The van der Waals surface area contributed by atoms with Gasteiger partial charge in [0.2, 0.25) is 0 Å². The maximum absolute atomic E-state index is 12.1. The highest BCUT2D eigenvalue weighted by molar-refractivity contribution is 8.00. The van der Waals surface area contributed by atoms with Crippen LogP contribution in [0.1, 0.15) is 18.0 Å². The van der Waals surface area contributed by atoms with Crippen molar-refractivity contribution >= 4 is 17.7 Å². The maximum atomic E-state index is 12.1. The van der Waals surface area contributed by atoms with Crippen molar-refractivity contribution in [1.29, 1.82) is 0 Å². The Kier molecular flexibility index (Phi) is 5.03. The summed E-state index contributed by atoms with van der Waals surface area (Å²) in [7, 11) is 1.25. The van der Waals surface area contributed by atoms with Gasteiger partial charge in [-0.25, -0.2) is 0 Å². The molecule has 0 aliphatic rings. The zero-order valence-corrected chi connectivity index (χ0v) is 10.3. The number of carbonyl (C=O) groups is 1. The number of carbonyl (C=O) groups excluding carboxylic acids is 1. The zero-order valence-electron chi connectivity index (χ0n) is 9.53. The van der Waals surface area contributed by atoms with E-state index in [1.165, 1.54) is 31.4 Å². The predicted octanol–water partition coefficient (Wildman–Crippen LogP) is 2.86. The van der Waals surface area contributed by atoms with Crippen molar-refractivity contribution in [2.45, 2.75) is 22.9 Å². The molecule has 7 heteroatoms. The predicted molar refractivity (Wildman–Crippen MR) is 61.9 cm³/mol. The Morgan fingerprint density at radius 2 is 1.94 bits per heavy atom. The first-order valence-corrected chi connectivity index (χ1v) is 5.81. The van der Waals surface area contributed by atoms with Crippen molar-refractivity contribution in [1.82, 2.24) is 0 Å². The van der Waals surface area contributed by atoms with Gasteiger partial charge in [0.15, 0.2) is 0 Å². The first-order chi connectivity index (χ1) is 8.31. The van der Waals surface area contributed by atoms with Gasteiger partial charge < -0.3 is 10.5 Å². The van der Waals surface area contributed by atoms with E-state index >= 15 is 0 Å². The van der Waals surface area contributed by atoms with Crippen LogP contribution in [0.4, 0.5) is 13.2 Å². The van der Waals surface area contributed by atoms with E-state index in [0.717, 1.165) is 0 Å². The molecule has 0 aromatic heterocycles. The summed E-state index contributed by atoms with van der Waals surface area (Å²) < 4.78 is 40.7. The van der Waals surface area contributed by atoms with Gasteiger partial charge in [0.25, 0.3) is 0 Å². The molecular weight excluding hydrogens is 267 g/mol. The Hall–Kier alpha value is -1.21. The van der Waals surface area contributed by atoms with Crippen LogP contribution in [0.2, 0.25) is 0 Å². The van der Waals surface area contributed by atoms with Crippen molar-refractivity contribution < 1.29 is 22.7 Å². The number of hydrogen-bond donors (Lipinski definition) is 1. The number of ether oxygens (including phenoxy) is 1. The lowest BCUT2D eigenvalue weighted by Gasteiger charge is -2.11. The number of rotatable bonds is 4. The van der Waals surface area contributed by atoms with E-state index in [9.17, 15) is 18.0 Å². The molecule has 3 nitrogen and oxygen atoms in total. The standard InChI is InChI=1S/C11H12F3NO2S/c1-17-10(16)6-9(15)7-2-4-8(5-3-7)18-11(12,13)14/h2-5,9H,6,15H2,1H3/t9-/m0/s1. The number of nitrogens with two attached hydrogens (primary N) is 1. The van der Waals surface area contributed by atoms with Gasteiger partial charge >= 0.3 is 11.5 Å². The molecule has 0 aliphatic carbocycles. The van der Waals surface area contributed by atoms with Crippen molar-refractivity contribution in [2.24, 2.45) is 5.73 Å². The van der Waals surface area contributed by atoms with Crippen molar-refractivity contribution in [2.75, 3.05) is 7.11 Å². The highest BCUT2D eigenvalue weighted by Gasteiger charge is 2.29. The third-order valence-corrected chi connectivity index (χ3v) is 2.90. The van der Waals surface area contributed by atoms with Crippen LogP contribution in [0.3, 0.4) is 0 Å². The molecule has 0 saturated heterocycles. The Labute approximate surface area is 106 Å². The van der Waals surface area contributed by atoms with Crippen molar-refractivity contribution in [3.63, 3.8) is 0 Å². The summed E-state index contributed by atoms with van der Waals surface area (Å²) in [6, 6.07) is 5.01. The van der Waals surface area contributed by atoms with Gasteiger partial charge in [-0.3, -0.25) is 4.79 Å². The van der Waals surface area contributed by atoms with Crippen LogP contribution >= 0.6 is 11.8 Å². The minimum atomic E-state index is -4.31. The number of thioether (sulfide) groups is 1. The molecule has 1 atom stereocenters. The van der Waals surface area contributed by atoms with E-state index in [0.29, 0.717) is 5.56 Å². The first kappa shape index (κ1) is 14.8. The van der Waals surface area contributed by atoms with Gasteiger partial charge in [-0.15, -0.1) is 0 Å². The van der Waals surface area contributed by atoms with Crippen molar-refractivity contribution in [3.8, 4) is 0 Å². The van der Waals surface area contributed by atoms with Gasteiger partial charge in [-0.1, -0.05) is 12.1 Å². The normalized spacial score (nSPS) is 13.2. The molecule has 0 amide bonds. The van der Waals surface area contributed by atoms with E-state index in [4.69, 9.17) is 5.73 Å². The summed E-state index contributed by atoms with van der Waals surface area (Å²) in [4.78, 5) is 11.1. The van der Waals surface area contributed by atoms with Crippen LogP contribution in [-0.2, 0) is 9.53 Å². The number of hydrogen-bond acceptors (Lipinski definition) is 4. The summed E-state index contributed by atoms with van der Waals surface area (Å²) in [5.41, 5.74) is 2.00. The van der Waals surface area contributed by atoms with Crippen molar-refractivity contribution in [3.05, 3.63) is 29.8 Å². The highest BCUT2D eigenvalue weighted by atomic mass is 32.2. The first-order valence-electron chi connectivity index (χ1n) is 5.00. The van der Waals surface area contributed by atoms with E-state index in [1.54, 1.807) is 0 Å². The average molecular weight is 279 g/mol. The van der Waals surface area contributed by atoms with Gasteiger partial charge in [0.1, 0.15) is 0 Å². The molecule has 2 N–H and O–H groups in total. The number of benzene rings is 1. The zero-order chi connectivity index (χ0) is 13.8. The van der Waals surface area contributed by atoms with Crippen LogP contribution < -0.4 is 5.73 Å². The smallest absolute Gasteiger partial charge is 0.446 e. The second kappa shape index (κ2) is 6.10. The molecule has 18 heavy (non-hydrogen) atoms.